The van der Waals surface area contributed by atoms with Crippen molar-refractivity contribution in [2.45, 2.75) is 76.5 Å². The van der Waals surface area contributed by atoms with Crippen molar-refractivity contribution >= 4 is 26.9 Å². The van der Waals surface area contributed by atoms with Gasteiger partial charge in [0.1, 0.15) is 17.1 Å². The monoisotopic (exact) mass is 654 g/mol. The summed E-state index contributed by atoms with van der Waals surface area (Å²) in [6, 6.07) is 11.1. The van der Waals surface area contributed by atoms with Gasteiger partial charge in [-0.3, -0.25) is 9.59 Å². The largest absolute Gasteiger partial charge is 0.493 e. The number of aliphatic hydroxyl groups excluding tert-OH is 1. The third-order valence-electron chi connectivity index (χ3n) is 8.27. The third kappa shape index (κ3) is 7.65. The number of benzene rings is 2. The molecule has 3 aliphatic rings. The Hall–Kier alpha value is -3.65. The highest BCUT2D eigenvalue weighted by Gasteiger charge is 2.41. The van der Waals surface area contributed by atoms with Crippen LogP contribution in [0.4, 0.5) is 4.79 Å². The number of amides is 3. The zero-order valence-electron chi connectivity index (χ0n) is 27.2. The van der Waals surface area contributed by atoms with E-state index in [4.69, 9.17) is 23.7 Å². The number of fused-ring (bicyclic) bond motifs is 3. The van der Waals surface area contributed by atoms with Crippen LogP contribution < -0.4 is 14.8 Å². The maximum absolute atomic E-state index is 13.4. The Morgan fingerprint density at radius 3 is 2.48 bits per heavy atom. The van der Waals surface area contributed by atoms with Gasteiger partial charge in [-0.15, -0.1) is 0 Å². The molecule has 13 heteroatoms. The minimum Gasteiger partial charge on any atom is -0.493 e. The molecule has 2 unspecified atom stereocenters. The average molecular weight is 655 g/mol. The summed E-state index contributed by atoms with van der Waals surface area (Å²) in [5.74, 6) is 0.364. The highest BCUT2D eigenvalue weighted by atomic mass is 28.3. The van der Waals surface area contributed by atoms with Gasteiger partial charge in [-0.05, 0) is 88.0 Å². The Bertz CT molecular complexity index is 1420. The van der Waals surface area contributed by atoms with Gasteiger partial charge in [0.2, 0.25) is 8.96 Å². The minimum atomic E-state index is -1.96. The molecule has 2 N–H and O–H groups in total. The van der Waals surface area contributed by atoms with E-state index < -0.39 is 32.3 Å². The number of hydrogen-bond donors (Lipinski definition) is 2. The lowest BCUT2D eigenvalue weighted by Crippen LogP contribution is -2.58. The van der Waals surface area contributed by atoms with Crippen molar-refractivity contribution in [3.63, 3.8) is 0 Å². The van der Waals surface area contributed by atoms with Crippen molar-refractivity contribution in [3.8, 4) is 11.5 Å². The second-order valence-corrected chi connectivity index (χ2v) is 15.3. The highest BCUT2D eigenvalue weighted by molar-refractivity contribution is 6.59. The fourth-order valence-corrected chi connectivity index (χ4v) is 8.64. The Labute approximate surface area is 271 Å². The van der Waals surface area contributed by atoms with Gasteiger partial charge < -0.3 is 43.6 Å². The summed E-state index contributed by atoms with van der Waals surface area (Å²) < 4.78 is 29.3. The number of methoxy groups -OCH3 is 1. The first kappa shape index (κ1) is 33.7. The topological polar surface area (TPSA) is 136 Å². The van der Waals surface area contributed by atoms with E-state index in [1.165, 1.54) is 0 Å². The van der Waals surface area contributed by atoms with Crippen molar-refractivity contribution in [3.05, 3.63) is 58.7 Å². The first-order valence-corrected chi connectivity index (χ1v) is 17.5. The average Bonchev–Trinajstić information content (AvgIpc) is 3.27. The summed E-state index contributed by atoms with van der Waals surface area (Å²) >= 11 is 0. The van der Waals surface area contributed by atoms with E-state index in [0.717, 1.165) is 24.0 Å². The van der Waals surface area contributed by atoms with Crippen LogP contribution in [0.3, 0.4) is 0 Å². The molecule has 0 spiro atoms. The van der Waals surface area contributed by atoms with Crippen molar-refractivity contribution in [1.82, 2.24) is 14.8 Å². The van der Waals surface area contributed by atoms with Crippen molar-refractivity contribution in [2.24, 2.45) is 0 Å². The van der Waals surface area contributed by atoms with Crippen LogP contribution in [0.25, 0.3) is 0 Å². The summed E-state index contributed by atoms with van der Waals surface area (Å²) in [5.41, 5.74) is 0.870. The number of rotatable bonds is 10. The van der Waals surface area contributed by atoms with Crippen LogP contribution in [0.2, 0.25) is 0 Å². The smallest absolute Gasteiger partial charge is 0.402 e. The van der Waals surface area contributed by atoms with Crippen LogP contribution >= 0.6 is 0 Å². The third-order valence-corrected chi connectivity index (χ3v) is 11.0. The Kier molecular flexibility index (Phi) is 10.6. The second-order valence-electron chi connectivity index (χ2n) is 12.7. The first-order chi connectivity index (χ1) is 22.0. The van der Waals surface area contributed by atoms with Gasteiger partial charge in [-0.1, -0.05) is 6.07 Å². The second kappa shape index (κ2) is 14.4. The number of morpholine rings is 1. The molecule has 1 radical (unpaired) electrons. The molecule has 3 atom stereocenters. The van der Waals surface area contributed by atoms with Crippen LogP contribution in [0, 0.1) is 0 Å². The van der Waals surface area contributed by atoms with Gasteiger partial charge in [0.05, 0.1) is 43.2 Å². The lowest BCUT2D eigenvalue weighted by Gasteiger charge is -2.38. The lowest BCUT2D eigenvalue weighted by atomic mass is 10.1. The number of aliphatic hydroxyl groups is 1. The molecule has 0 saturated carbocycles. The fourth-order valence-electron chi connectivity index (χ4n) is 6.13. The molecule has 5 rings (SSSR count). The van der Waals surface area contributed by atoms with Crippen LogP contribution in [-0.4, -0.2) is 105 Å². The van der Waals surface area contributed by atoms with Crippen LogP contribution in [0.15, 0.2) is 36.4 Å². The van der Waals surface area contributed by atoms with Gasteiger partial charge >= 0.3 is 6.09 Å². The SMILES string of the molecule is CCOc1cc(C(=O)N2C3CCC2COC3)ccc1C(=O)NC[C@@H](O)[Si]1Cc2ccc(OCOC)cc2CN1C(=O)OC(C)(C)C. The van der Waals surface area contributed by atoms with E-state index in [9.17, 15) is 19.5 Å². The number of carbonyl (C=O) groups excluding carboxylic acids is 3. The molecule has 0 aliphatic carbocycles. The quantitative estimate of drug-likeness (QED) is 0.292. The molecule has 3 heterocycles. The molecule has 3 aliphatic heterocycles. The molecule has 2 fully saturated rings. The van der Waals surface area contributed by atoms with Gasteiger partial charge in [-0.25, -0.2) is 4.79 Å². The minimum absolute atomic E-state index is 0.0624. The van der Waals surface area contributed by atoms with E-state index in [0.29, 0.717) is 42.9 Å². The standard InChI is InChI=1S/C33H44N3O9Si/c1-6-43-28-14-21(31(39)36-24-9-10-25(36)18-42-17-24)8-12-27(28)30(38)34-15-29(37)46-19-22-7-11-26(44-20-41-5)13-23(22)16-35(46)32(40)45-33(2,3)4/h7-8,11-14,24-25,29,37H,6,9-10,15-20H2,1-5H3,(H,34,38)/t24?,25?,29-/m0/s1. The summed E-state index contributed by atoms with van der Waals surface area (Å²) in [5, 5.41) is 14.2. The number of hydrogen-bond acceptors (Lipinski definition) is 9. The van der Waals surface area contributed by atoms with Crippen LogP contribution in [-0.2, 0) is 26.8 Å². The zero-order chi connectivity index (χ0) is 33.0. The van der Waals surface area contributed by atoms with E-state index in [2.05, 4.69) is 5.32 Å². The van der Waals surface area contributed by atoms with Crippen molar-refractivity contribution in [2.75, 3.05) is 40.3 Å². The Morgan fingerprint density at radius 1 is 1.07 bits per heavy atom. The predicted octanol–water partition coefficient (Wildman–Crippen LogP) is 3.23. The number of nitrogens with zero attached hydrogens (tertiary/aromatic N) is 2. The molecule has 2 aromatic rings. The van der Waals surface area contributed by atoms with Crippen molar-refractivity contribution in [1.29, 1.82) is 0 Å². The molecule has 249 valence electrons. The molecule has 2 aromatic carbocycles. The van der Waals surface area contributed by atoms with Crippen molar-refractivity contribution < 1.29 is 43.2 Å². The predicted molar refractivity (Wildman–Crippen MR) is 170 cm³/mol. The molecular formula is C33H44N3O9Si. The van der Waals surface area contributed by atoms with Gasteiger partial charge in [0.15, 0.2) is 6.79 Å². The molecular weight excluding hydrogens is 610 g/mol. The van der Waals surface area contributed by atoms with E-state index in [1.807, 2.05) is 30.0 Å². The molecule has 2 saturated heterocycles. The van der Waals surface area contributed by atoms with Gasteiger partial charge in [-0.2, -0.15) is 0 Å². The van der Waals surface area contributed by atoms with E-state index in [-0.39, 0.29) is 43.4 Å². The fraction of sp³-hybridized carbons (Fsp3) is 0.545. The van der Waals surface area contributed by atoms with Crippen LogP contribution in [0.5, 0.6) is 11.5 Å². The highest BCUT2D eigenvalue weighted by Crippen LogP contribution is 2.32. The van der Waals surface area contributed by atoms with Crippen LogP contribution in [0.1, 0.15) is 72.4 Å². The van der Waals surface area contributed by atoms with E-state index >= 15 is 0 Å². The summed E-state index contributed by atoms with van der Waals surface area (Å²) in [7, 11) is -0.422. The number of ether oxygens (including phenoxy) is 5. The maximum Gasteiger partial charge on any atom is 0.402 e. The molecule has 3 amide bonds. The molecule has 0 aromatic heterocycles. The Balaban J connectivity index is 1.30. The summed E-state index contributed by atoms with van der Waals surface area (Å²) in [6.07, 6.45) is 1.32. The maximum atomic E-state index is 13.4. The lowest BCUT2D eigenvalue weighted by molar-refractivity contribution is -0.00718. The Morgan fingerprint density at radius 2 is 1.80 bits per heavy atom. The normalized spacial score (nSPS) is 20.1. The number of carbonyl (C=O) groups is 3. The van der Waals surface area contributed by atoms with E-state index in [1.54, 1.807) is 50.6 Å². The molecule has 2 bridgehead atoms. The molecule has 46 heavy (non-hydrogen) atoms. The summed E-state index contributed by atoms with van der Waals surface area (Å²) in [6.45, 7) is 8.82. The zero-order valence-corrected chi connectivity index (χ0v) is 28.2. The molecule has 12 nitrogen and oxygen atoms in total. The van der Waals surface area contributed by atoms with Gasteiger partial charge in [0, 0.05) is 25.8 Å². The first-order valence-electron chi connectivity index (χ1n) is 15.7. The van der Waals surface area contributed by atoms with Gasteiger partial charge in [0.25, 0.3) is 11.8 Å². The number of nitrogens with one attached hydrogen (secondary N) is 1. The summed E-state index contributed by atoms with van der Waals surface area (Å²) in [4.78, 5) is 42.1.